The lowest BCUT2D eigenvalue weighted by atomic mass is 10.3. The van der Waals surface area contributed by atoms with Crippen LogP contribution in [0, 0.1) is 0 Å². The van der Waals surface area contributed by atoms with Crippen LogP contribution in [-0.4, -0.2) is 31.8 Å². The molecule has 4 nitrogen and oxygen atoms in total. The molecule has 0 aliphatic carbocycles. The molecule has 9 heavy (non-hydrogen) atoms. The van der Waals surface area contributed by atoms with Crippen molar-refractivity contribution < 1.29 is 19.1 Å². The van der Waals surface area contributed by atoms with Crippen LogP contribution in [0.3, 0.4) is 0 Å². The van der Waals surface area contributed by atoms with E-state index in [0.717, 1.165) is 0 Å². The van der Waals surface area contributed by atoms with Gasteiger partial charge in [-0.05, 0) is 6.92 Å². The lowest BCUT2D eigenvalue weighted by molar-refractivity contribution is -0.0664. The van der Waals surface area contributed by atoms with Crippen LogP contribution in [0.5, 0.6) is 0 Å². The van der Waals surface area contributed by atoms with E-state index >= 15 is 0 Å². The molecule has 1 rings (SSSR count). The van der Waals surface area contributed by atoms with Gasteiger partial charge in [0.2, 0.25) is 0 Å². The lowest BCUT2D eigenvalue weighted by Crippen LogP contribution is -2.18. The number of hydrogen-bond acceptors (Lipinski definition) is 4. The van der Waals surface area contributed by atoms with Gasteiger partial charge in [-0.25, -0.2) is 0 Å². The summed E-state index contributed by atoms with van der Waals surface area (Å²) in [5.74, 6) is 0. The first-order valence-corrected chi connectivity index (χ1v) is 2.89. The summed E-state index contributed by atoms with van der Waals surface area (Å²) in [6, 6.07) is 0. The molecule has 1 aliphatic heterocycles. The molecule has 0 aromatic carbocycles. The minimum absolute atomic E-state index is 0.314. The fourth-order valence-corrected chi connectivity index (χ4v) is 0.643. The standard InChI is InChI=1S/C4H9BO4/c1-2-7-4-3-8-5(6)9-4/h4,6H,2-3H2,1H3. The molecule has 52 valence electrons. The molecule has 0 radical (unpaired) electrons. The van der Waals surface area contributed by atoms with Crippen LogP contribution in [0.2, 0.25) is 0 Å². The lowest BCUT2D eigenvalue weighted by Gasteiger charge is -2.05. The van der Waals surface area contributed by atoms with E-state index in [1.54, 1.807) is 0 Å². The van der Waals surface area contributed by atoms with Crippen molar-refractivity contribution in [3.05, 3.63) is 0 Å². The highest BCUT2D eigenvalue weighted by molar-refractivity contribution is 6.35. The molecule has 1 unspecified atom stereocenters. The quantitative estimate of drug-likeness (QED) is 0.508. The van der Waals surface area contributed by atoms with Gasteiger partial charge in [0, 0.05) is 6.61 Å². The Hall–Kier alpha value is -0.0951. The molecule has 1 aliphatic rings. The molecule has 0 aromatic rings. The Bertz CT molecular complexity index is 86.6. The Morgan fingerprint density at radius 1 is 1.89 bits per heavy atom. The van der Waals surface area contributed by atoms with Crippen LogP contribution in [0.25, 0.3) is 0 Å². The zero-order chi connectivity index (χ0) is 6.69. The summed E-state index contributed by atoms with van der Waals surface area (Å²) in [5.41, 5.74) is 0. The minimum atomic E-state index is -1.10. The van der Waals surface area contributed by atoms with Gasteiger partial charge in [-0.15, -0.1) is 0 Å². The zero-order valence-corrected chi connectivity index (χ0v) is 5.24. The molecule has 1 atom stereocenters. The van der Waals surface area contributed by atoms with Crippen LogP contribution in [0.4, 0.5) is 0 Å². The van der Waals surface area contributed by atoms with Crippen molar-refractivity contribution in [3.8, 4) is 0 Å². The third-order valence-corrected chi connectivity index (χ3v) is 0.996. The van der Waals surface area contributed by atoms with Crippen LogP contribution in [0.1, 0.15) is 6.92 Å². The molecule has 0 spiro atoms. The van der Waals surface area contributed by atoms with Gasteiger partial charge in [0.25, 0.3) is 0 Å². The van der Waals surface area contributed by atoms with Crippen molar-refractivity contribution in [1.82, 2.24) is 0 Å². The van der Waals surface area contributed by atoms with E-state index in [9.17, 15) is 0 Å². The SMILES string of the molecule is CCOC1COB(O)O1. The van der Waals surface area contributed by atoms with E-state index < -0.39 is 7.32 Å². The maximum Gasteiger partial charge on any atom is 0.638 e. The zero-order valence-electron chi connectivity index (χ0n) is 5.24. The summed E-state index contributed by atoms with van der Waals surface area (Å²) in [4.78, 5) is 0. The van der Waals surface area contributed by atoms with Gasteiger partial charge >= 0.3 is 7.32 Å². The maximum absolute atomic E-state index is 8.60. The van der Waals surface area contributed by atoms with Gasteiger partial charge in [-0.2, -0.15) is 0 Å². The van der Waals surface area contributed by atoms with Crippen LogP contribution >= 0.6 is 0 Å². The van der Waals surface area contributed by atoms with Gasteiger partial charge in [0.15, 0.2) is 6.29 Å². The summed E-state index contributed by atoms with van der Waals surface area (Å²) in [5, 5.41) is 8.60. The Morgan fingerprint density at radius 3 is 3.11 bits per heavy atom. The smallest absolute Gasteiger partial charge is 0.402 e. The second-order valence-electron chi connectivity index (χ2n) is 1.66. The van der Waals surface area contributed by atoms with Gasteiger partial charge in [-0.3, -0.25) is 0 Å². The Morgan fingerprint density at radius 2 is 2.67 bits per heavy atom. The van der Waals surface area contributed by atoms with Crippen LogP contribution in [-0.2, 0) is 14.0 Å². The topological polar surface area (TPSA) is 47.9 Å². The summed E-state index contributed by atoms with van der Waals surface area (Å²) in [6.45, 7) is 2.74. The number of hydrogen-bond donors (Lipinski definition) is 1. The second-order valence-corrected chi connectivity index (χ2v) is 1.66. The van der Waals surface area contributed by atoms with Crippen molar-refractivity contribution >= 4 is 7.32 Å². The first-order chi connectivity index (χ1) is 4.33. The average molecular weight is 132 g/mol. The third-order valence-electron chi connectivity index (χ3n) is 0.996. The molecule has 1 saturated heterocycles. The van der Waals surface area contributed by atoms with Crippen molar-refractivity contribution in [3.63, 3.8) is 0 Å². The summed E-state index contributed by atoms with van der Waals surface area (Å²) in [7, 11) is -1.10. The predicted molar refractivity (Wildman–Crippen MR) is 30.4 cm³/mol. The van der Waals surface area contributed by atoms with Crippen LogP contribution < -0.4 is 0 Å². The molecule has 0 aromatic heterocycles. The Balaban J connectivity index is 2.14. The molecule has 1 N–H and O–H groups in total. The molecule has 0 saturated carbocycles. The van der Waals surface area contributed by atoms with E-state index in [-0.39, 0.29) is 6.29 Å². The second kappa shape index (κ2) is 3.17. The number of rotatable bonds is 2. The summed E-state index contributed by atoms with van der Waals surface area (Å²) < 4.78 is 14.3. The van der Waals surface area contributed by atoms with E-state index in [1.807, 2.05) is 6.92 Å². The van der Waals surface area contributed by atoms with Gasteiger partial charge in [0.1, 0.15) is 0 Å². The molecular formula is C4H9BO4. The van der Waals surface area contributed by atoms with Crippen LogP contribution in [0.15, 0.2) is 0 Å². The van der Waals surface area contributed by atoms with E-state index in [2.05, 4.69) is 4.65 Å². The summed E-state index contributed by atoms with van der Waals surface area (Å²) >= 11 is 0. The average Bonchev–Trinajstić information content (AvgIpc) is 2.17. The normalized spacial score (nSPS) is 27.3. The fourth-order valence-electron chi connectivity index (χ4n) is 0.643. The van der Waals surface area contributed by atoms with Gasteiger partial charge in [0.05, 0.1) is 6.61 Å². The van der Waals surface area contributed by atoms with Gasteiger partial charge < -0.3 is 19.1 Å². The first-order valence-electron chi connectivity index (χ1n) is 2.89. The predicted octanol–water partition coefficient (Wildman–Crippen LogP) is -0.627. The monoisotopic (exact) mass is 132 g/mol. The molecule has 1 fully saturated rings. The largest absolute Gasteiger partial charge is 0.638 e. The molecule has 0 bridgehead atoms. The van der Waals surface area contributed by atoms with Crippen molar-refractivity contribution in [2.24, 2.45) is 0 Å². The van der Waals surface area contributed by atoms with E-state index in [0.29, 0.717) is 13.2 Å². The highest BCUT2D eigenvalue weighted by Crippen LogP contribution is 2.06. The first kappa shape index (κ1) is 7.02. The fraction of sp³-hybridized carbons (Fsp3) is 1.00. The maximum atomic E-state index is 8.60. The van der Waals surface area contributed by atoms with Gasteiger partial charge in [-0.1, -0.05) is 0 Å². The highest BCUT2D eigenvalue weighted by Gasteiger charge is 2.30. The van der Waals surface area contributed by atoms with Crippen molar-refractivity contribution in [2.75, 3.05) is 13.2 Å². The Kier molecular flexibility index (Phi) is 2.47. The highest BCUT2D eigenvalue weighted by atomic mass is 16.8. The molecule has 1 heterocycles. The van der Waals surface area contributed by atoms with E-state index in [4.69, 9.17) is 14.4 Å². The summed E-state index contributed by atoms with van der Waals surface area (Å²) in [6.07, 6.45) is -0.384. The Labute approximate surface area is 53.9 Å². The third kappa shape index (κ3) is 1.94. The number of ether oxygens (including phenoxy) is 1. The van der Waals surface area contributed by atoms with Crippen molar-refractivity contribution in [1.29, 1.82) is 0 Å². The molecule has 5 heteroatoms. The van der Waals surface area contributed by atoms with E-state index in [1.165, 1.54) is 0 Å². The molecular weight excluding hydrogens is 123 g/mol. The molecule has 0 amide bonds. The van der Waals surface area contributed by atoms with Crippen molar-refractivity contribution in [2.45, 2.75) is 13.2 Å². The minimum Gasteiger partial charge on any atom is -0.402 e.